The molecule has 1 saturated heterocycles. The summed E-state index contributed by atoms with van der Waals surface area (Å²) >= 11 is -2.29. The second-order valence-electron chi connectivity index (χ2n) is 7.52. The molecule has 0 aromatic heterocycles. The van der Waals surface area contributed by atoms with Crippen LogP contribution in [0.15, 0.2) is 0 Å². The SMILES string of the molecule is CCC[CH2][Sn]([CH2]CCC)([CH2]CCC)[O]CCCCCC1CCSS1. The second kappa shape index (κ2) is 15.5. The Hall–Kier alpha value is 1.46. The van der Waals surface area contributed by atoms with Gasteiger partial charge in [-0.2, -0.15) is 0 Å². The molecule has 144 valence electrons. The molecule has 0 aromatic carbocycles. The van der Waals surface area contributed by atoms with Crippen LogP contribution in [0.25, 0.3) is 0 Å². The fourth-order valence-corrected chi connectivity index (χ4v) is 20.2. The van der Waals surface area contributed by atoms with Crippen LogP contribution in [0, 0.1) is 0 Å². The number of rotatable bonds is 16. The summed E-state index contributed by atoms with van der Waals surface area (Å²) in [5, 5.41) is 0.952. The summed E-state index contributed by atoms with van der Waals surface area (Å²) in [6.45, 7) is 8.11. The van der Waals surface area contributed by atoms with E-state index in [9.17, 15) is 0 Å². The minimum atomic E-state index is -2.29. The van der Waals surface area contributed by atoms with E-state index < -0.39 is 18.8 Å². The summed E-state index contributed by atoms with van der Waals surface area (Å²) in [7, 11) is 4.21. The normalized spacial score (nSPS) is 18.4. The third-order valence-electron chi connectivity index (χ3n) is 5.26. The fraction of sp³-hybridized carbons (Fsp3) is 1.00. The van der Waals surface area contributed by atoms with Gasteiger partial charge in [0.2, 0.25) is 0 Å². The average molecular weight is 481 g/mol. The van der Waals surface area contributed by atoms with Crippen molar-refractivity contribution in [3.63, 3.8) is 0 Å². The van der Waals surface area contributed by atoms with Crippen LogP contribution in [-0.2, 0) is 3.07 Å². The Morgan fingerprint density at radius 1 is 0.833 bits per heavy atom. The predicted molar refractivity (Wildman–Crippen MR) is 118 cm³/mol. The molecule has 0 bridgehead atoms. The van der Waals surface area contributed by atoms with Crippen molar-refractivity contribution in [1.29, 1.82) is 0 Å². The van der Waals surface area contributed by atoms with E-state index >= 15 is 0 Å². The molecule has 0 aliphatic carbocycles. The number of hydrogen-bond acceptors (Lipinski definition) is 3. The van der Waals surface area contributed by atoms with Crippen LogP contribution < -0.4 is 0 Å². The van der Waals surface area contributed by atoms with E-state index in [0.717, 1.165) is 11.9 Å². The van der Waals surface area contributed by atoms with Crippen molar-refractivity contribution in [1.82, 2.24) is 0 Å². The van der Waals surface area contributed by atoms with E-state index in [1.807, 2.05) is 0 Å². The van der Waals surface area contributed by atoms with Crippen LogP contribution in [0.3, 0.4) is 0 Å². The molecule has 0 aromatic rings. The Morgan fingerprint density at radius 2 is 1.46 bits per heavy atom. The molecule has 1 atom stereocenters. The molecule has 0 amide bonds. The van der Waals surface area contributed by atoms with Crippen LogP contribution in [0.4, 0.5) is 0 Å². The summed E-state index contributed by atoms with van der Waals surface area (Å²) in [5.74, 6) is 1.38. The van der Waals surface area contributed by atoms with Crippen LogP contribution in [0.1, 0.15) is 91.4 Å². The standard InChI is InChI=1S/C8H15OS2.3C4H9.Sn/c9-6-3-1-2-4-8-5-7-10-11-8;3*1-3-4-2;/h8H,1-7H2;3*1,3-4H2,2H3;/q-1;;;;+1. The Balaban J connectivity index is 2.28. The van der Waals surface area contributed by atoms with Gasteiger partial charge >= 0.3 is 166 Å². The van der Waals surface area contributed by atoms with Gasteiger partial charge in [0.1, 0.15) is 0 Å². The fourth-order valence-electron chi connectivity index (χ4n) is 3.59. The van der Waals surface area contributed by atoms with Gasteiger partial charge in [-0.1, -0.05) is 0 Å². The van der Waals surface area contributed by atoms with E-state index in [0.29, 0.717) is 0 Å². The monoisotopic (exact) mass is 482 g/mol. The summed E-state index contributed by atoms with van der Waals surface area (Å²) < 4.78 is 11.3. The molecule has 1 nitrogen and oxygen atoms in total. The maximum absolute atomic E-state index is 6.81. The van der Waals surface area contributed by atoms with Crippen molar-refractivity contribution in [3.8, 4) is 0 Å². The molecule has 0 N–H and O–H groups in total. The van der Waals surface area contributed by atoms with Gasteiger partial charge in [-0.05, 0) is 0 Å². The van der Waals surface area contributed by atoms with Gasteiger partial charge in [0.25, 0.3) is 0 Å². The molecule has 1 aliphatic rings. The molecular formula is C20H42OS2Sn. The van der Waals surface area contributed by atoms with Crippen molar-refractivity contribution >= 4 is 40.4 Å². The third-order valence-corrected chi connectivity index (χ3v) is 21.4. The molecule has 1 rings (SSSR count). The molecule has 1 unspecified atom stereocenters. The first-order valence-corrected chi connectivity index (χ1v) is 20.3. The van der Waals surface area contributed by atoms with Crippen molar-refractivity contribution < 1.29 is 3.07 Å². The zero-order valence-corrected chi connectivity index (χ0v) is 21.1. The van der Waals surface area contributed by atoms with E-state index in [-0.39, 0.29) is 0 Å². The second-order valence-corrected chi connectivity index (χ2v) is 22.2. The zero-order chi connectivity index (χ0) is 17.5. The first-order chi connectivity index (χ1) is 11.8. The maximum atomic E-state index is 6.81. The van der Waals surface area contributed by atoms with E-state index in [4.69, 9.17) is 3.07 Å². The molecule has 1 fully saturated rings. The topological polar surface area (TPSA) is 9.23 Å². The van der Waals surface area contributed by atoms with Gasteiger partial charge in [-0.3, -0.25) is 0 Å². The summed E-state index contributed by atoms with van der Waals surface area (Å²) in [4.78, 5) is 0. The molecule has 1 aliphatic heterocycles. The molecular weight excluding hydrogens is 439 g/mol. The van der Waals surface area contributed by atoms with Crippen LogP contribution >= 0.6 is 21.6 Å². The summed E-state index contributed by atoms with van der Waals surface area (Å²) in [6.07, 6.45) is 15.3. The van der Waals surface area contributed by atoms with Crippen molar-refractivity contribution in [3.05, 3.63) is 0 Å². The summed E-state index contributed by atoms with van der Waals surface area (Å²) in [5.41, 5.74) is 0. The molecule has 0 spiro atoms. The molecule has 0 radical (unpaired) electrons. The first kappa shape index (κ1) is 23.5. The Labute approximate surface area is 165 Å². The van der Waals surface area contributed by atoms with Crippen molar-refractivity contribution in [2.45, 2.75) is 110 Å². The van der Waals surface area contributed by atoms with Gasteiger partial charge in [0.15, 0.2) is 0 Å². The van der Waals surface area contributed by atoms with Gasteiger partial charge in [0.05, 0.1) is 0 Å². The average Bonchev–Trinajstić information content (AvgIpc) is 3.12. The van der Waals surface area contributed by atoms with E-state index in [1.54, 1.807) is 0 Å². The minimum absolute atomic E-state index is 0.952. The van der Waals surface area contributed by atoms with Gasteiger partial charge < -0.3 is 0 Å². The molecule has 24 heavy (non-hydrogen) atoms. The summed E-state index contributed by atoms with van der Waals surface area (Å²) in [6, 6.07) is 0. The number of unbranched alkanes of at least 4 members (excludes halogenated alkanes) is 5. The first-order valence-electron chi connectivity index (χ1n) is 10.7. The van der Waals surface area contributed by atoms with Crippen LogP contribution in [0.2, 0.25) is 13.3 Å². The van der Waals surface area contributed by atoms with Gasteiger partial charge in [-0.25, -0.2) is 0 Å². The van der Waals surface area contributed by atoms with E-state index in [1.165, 1.54) is 89.7 Å². The Bertz CT molecular complexity index is 261. The van der Waals surface area contributed by atoms with Crippen molar-refractivity contribution in [2.24, 2.45) is 0 Å². The quantitative estimate of drug-likeness (QED) is 0.125. The Kier molecular flexibility index (Phi) is 15.2. The van der Waals surface area contributed by atoms with Gasteiger partial charge in [-0.15, -0.1) is 0 Å². The van der Waals surface area contributed by atoms with E-state index in [2.05, 4.69) is 42.4 Å². The molecule has 1 heterocycles. The van der Waals surface area contributed by atoms with Crippen LogP contribution in [-0.4, -0.2) is 36.4 Å². The van der Waals surface area contributed by atoms with Gasteiger partial charge in [0, 0.05) is 0 Å². The predicted octanol–water partition coefficient (Wildman–Crippen LogP) is 8.06. The van der Waals surface area contributed by atoms with Crippen molar-refractivity contribution in [2.75, 3.05) is 12.4 Å². The van der Waals surface area contributed by atoms with Crippen LogP contribution in [0.5, 0.6) is 0 Å². The molecule has 4 heteroatoms. The Morgan fingerprint density at radius 3 is 1.96 bits per heavy atom. The number of hydrogen-bond donors (Lipinski definition) is 0. The third kappa shape index (κ3) is 10.6. The zero-order valence-electron chi connectivity index (χ0n) is 16.6. The molecule has 0 saturated carbocycles.